The zero-order valence-electron chi connectivity index (χ0n) is 58.1. The average molecular weight is 1420 g/mol. The molecule has 2 aliphatic rings. The molecule has 0 fully saturated rings. The Kier molecular flexibility index (Phi) is 27.6. The van der Waals surface area contributed by atoms with E-state index in [2.05, 4.69) is 100 Å². The Morgan fingerprint density at radius 1 is 0.299 bits per heavy atom. The standard InChI is InChI=1S/C84H98N2O4S7/c1-7-13-19-27-41-59-49-65(55-67-75(85-89-83(67)87)57-37-33-25-34-38-57)91-79(59)71-53-63(45-31-23-17-11-5)81(96-71)73-51-61(43-29-21-15-9-3)77(94-73)69-47-48-70(93-69)78-62(44-30-22-16-10-4)52-74(95-78)82-64(46-32-24-18-12-6)54-72(97-82)80-60(42-28-20-14-8-2)50-66(92-80)56-68-76(86-90-84(68)88)58-39-35-26-36-40-58/h25-26,33-40,47-56H,7-24,27-32,41-46H2,1-6H3/b67-55-,68-56-. The van der Waals surface area contributed by atoms with Crippen molar-refractivity contribution in [1.82, 2.24) is 0 Å². The number of hydrogen-bond acceptors (Lipinski definition) is 13. The zero-order chi connectivity index (χ0) is 67.3. The predicted octanol–water partition coefficient (Wildman–Crippen LogP) is 27.5. The summed E-state index contributed by atoms with van der Waals surface area (Å²) < 4.78 is 0. The van der Waals surface area contributed by atoms with E-state index in [9.17, 15) is 9.59 Å². The van der Waals surface area contributed by atoms with Crippen LogP contribution in [0.2, 0.25) is 0 Å². The molecule has 97 heavy (non-hydrogen) atoms. The highest BCUT2D eigenvalue weighted by Crippen LogP contribution is 2.53. The first-order valence-corrected chi connectivity index (χ1v) is 42.4. The molecule has 9 aromatic rings. The number of unbranched alkanes of at least 4 members (excludes halogenated alkanes) is 18. The third-order valence-corrected chi connectivity index (χ3v) is 27.8. The molecule has 0 unspecified atom stereocenters. The fourth-order valence-corrected chi connectivity index (χ4v) is 22.3. The van der Waals surface area contributed by atoms with E-state index in [4.69, 9.17) is 9.68 Å². The van der Waals surface area contributed by atoms with Crippen LogP contribution in [-0.2, 0) is 57.8 Å². The lowest BCUT2D eigenvalue weighted by molar-refractivity contribution is -0.137. The first-order valence-electron chi connectivity index (χ1n) is 36.7. The van der Waals surface area contributed by atoms with Gasteiger partial charge in [-0.3, -0.25) is 0 Å². The Balaban J connectivity index is 0.967. The molecule has 11 rings (SSSR count). The van der Waals surface area contributed by atoms with Gasteiger partial charge in [-0.25, -0.2) is 9.59 Å². The summed E-state index contributed by atoms with van der Waals surface area (Å²) in [5.74, 6) is -0.791. The van der Waals surface area contributed by atoms with Crippen molar-refractivity contribution >= 4 is 115 Å². The molecule has 510 valence electrons. The molecule has 13 heteroatoms. The molecule has 0 spiro atoms. The molecule has 6 nitrogen and oxygen atoms in total. The van der Waals surface area contributed by atoms with Crippen LogP contribution in [0.3, 0.4) is 0 Å². The van der Waals surface area contributed by atoms with Crippen LogP contribution < -0.4 is 0 Å². The van der Waals surface area contributed by atoms with Gasteiger partial charge in [-0.15, -0.1) is 79.4 Å². The lowest BCUT2D eigenvalue weighted by atomic mass is 10.0. The van der Waals surface area contributed by atoms with Crippen LogP contribution in [0.4, 0.5) is 0 Å². The van der Waals surface area contributed by atoms with Gasteiger partial charge in [0, 0.05) is 79.4 Å². The average Bonchev–Trinajstić information content (AvgIpc) is 1.69. The van der Waals surface area contributed by atoms with Crippen molar-refractivity contribution in [1.29, 1.82) is 0 Å². The summed E-state index contributed by atoms with van der Waals surface area (Å²) in [6.45, 7) is 13.8. The van der Waals surface area contributed by atoms with Crippen molar-refractivity contribution in [2.24, 2.45) is 10.3 Å². The van der Waals surface area contributed by atoms with Gasteiger partial charge in [-0.2, -0.15) is 0 Å². The molecule has 7 aromatic heterocycles. The van der Waals surface area contributed by atoms with Gasteiger partial charge < -0.3 is 9.68 Å². The highest BCUT2D eigenvalue weighted by atomic mass is 32.1. The number of rotatable bonds is 40. The van der Waals surface area contributed by atoms with Gasteiger partial charge in [0.25, 0.3) is 0 Å². The van der Waals surface area contributed by atoms with E-state index in [1.54, 1.807) is 0 Å². The highest BCUT2D eigenvalue weighted by molar-refractivity contribution is 7.31. The van der Waals surface area contributed by atoms with Crippen LogP contribution in [0, 0.1) is 0 Å². The van der Waals surface area contributed by atoms with E-state index in [0.717, 1.165) is 72.2 Å². The molecule has 0 bridgehead atoms. The van der Waals surface area contributed by atoms with Crippen LogP contribution in [0.15, 0.2) is 131 Å². The van der Waals surface area contributed by atoms with Gasteiger partial charge in [0.05, 0.1) is 11.1 Å². The summed E-state index contributed by atoms with van der Waals surface area (Å²) in [7, 11) is 0. The lowest BCUT2D eigenvalue weighted by Gasteiger charge is -2.03. The molecular weight excluding hydrogens is 1330 g/mol. The molecule has 0 saturated carbocycles. The number of carbonyl (C=O) groups is 2. The Hall–Kier alpha value is -5.90. The molecule has 0 radical (unpaired) electrons. The fourth-order valence-electron chi connectivity index (χ4n) is 13.3. The second-order valence-electron chi connectivity index (χ2n) is 26.4. The highest BCUT2D eigenvalue weighted by Gasteiger charge is 2.31. The smallest absolute Gasteiger partial charge is 0.312 e. The van der Waals surface area contributed by atoms with Crippen molar-refractivity contribution < 1.29 is 19.3 Å². The minimum atomic E-state index is -0.396. The van der Waals surface area contributed by atoms with Gasteiger partial charge in [0.1, 0.15) is 11.4 Å². The summed E-state index contributed by atoms with van der Waals surface area (Å²) in [5, 5.41) is 8.54. The zero-order valence-corrected chi connectivity index (χ0v) is 63.9. The SMILES string of the molecule is CCCCCCc1cc(/C=C2\C(=O)ON=C2c2ccccc2)sc1-c1cc(CCCCCC)c(-c2cc(CCCCCC)c(-c3ccc(-c4sc(-c5sc(-c6sc(/C=C7\C(=O)ON=C7c7ccccc7)cc6CCCCCC)cc5CCCCCC)cc4CCCCCC)s3)s2)s1. The van der Waals surface area contributed by atoms with Crippen molar-refractivity contribution in [2.45, 2.75) is 234 Å². The monoisotopic (exact) mass is 1420 g/mol. The summed E-state index contributed by atoms with van der Waals surface area (Å²) in [4.78, 5) is 56.2. The van der Waals surface area contributed by atoms with Crippen LogP contribution in [0.5, 0.6) is 0 Å². The number of hydrogen-bond donors (Lipinski definition) is 0. The molecule has 0 N–H and O–H groups in total. The Bertz CT molecular complexity index is 3890. The van der Waals surface area contributed by atoms with Gasteiger partial charge in [0.2, 0.25) is 0 Å². The second kappa shape index (κ2) is 37.0. The third-order valence-electron chi connectivity index (χ3n) is 18.7. The summed E-state index contributed by atoms with van der Waals surface area (Å²) >= 11 is 13.7. The Morgan fingerprint density at radius 2 is 0.567 bits per heavy atom. The van der Waals surface area contributed by atoms with Crippen molar-refractivity contribution in [3.05, 3.63) is 175 Å². The molecule has 9 heterocycles. The Morgan fingerprint density at radius 3 is 0.856 bits per heavy atom. The van der Waals surface area contributed by atoms with Gasteiger partial charge in [-0.1, -0.05) is 228 Å². The summed E-state index contributed by atoms with van der Waals surface area (Å²) in [6, 6.07) is 39.8. The maximum absolute atomic E-state index is 13.4. The predicted molar refractivity (Wildman–Crippen MR) is 425 cm³/mol. The van der Waals surface area contributed by atoms with Gasteiger partial charge in [0.15, 0.2) is 0 Å². The van der Waals surface area contributed by atoms with E-state index in [0.29, 0.717) is 22.6 Å². The van der Waals surface area contributed by atoms with Crippen molar-refractivity contribution in [2.75, 3.05) is 0 Å². The van der Waals surface area contributed by atoms with Crippen molar-refractivity contribution in [3.63, 3.8) is 0 Å². The van der Waals surface area contributed by atoms with E-state index < -0.39 is 11.9 Å². The lowest BCUT2D eigenvalue weighted by Crippen LogP contribution is -2.06. The quantitative estimate of drug-likeness (QED) is 0.0218. The first kappa shape index (κ1) is 72.4. The van der Waals surface area contributed by atoms with Crippen LogP contribution in [0.25, 0.3) is 70.7 Å². The summed E-state index contributed by atoms with van der Waals surface area (Å²) in [6.07, 6.45) is 39.5. The largest absolute Gasteiger partial charge is 0.368 e. The second-order valence-corrected chi connectivity index (χ2v) is 33.8. The van der Waals surface area contributed by atoms with Gasteiger partial charge in [-0.05, 0) is 171 Å². The normalized spacial score (nSPS) is 14.0. The Labute approximate surface area is 606 Å². The number of carbonyl (C=O) groups excluding carboxylic acids is 2. The molecule has 0 aliphatic carbocycles. The number of nitrogens with zero attached hydrogens (tertiary/aromatic N) is 2. The summed E-state index contributed by atoms with van der Waals surface area (Å²) in [5.41, 5.74) is 12.7. The number of aryl methyl sites for hydroxylation is 6. The topological polar surface area (TPSA) is 77.3 Å². The molecule has 0 amide bonds. The maximum atomic E-state index is 13.4. The molecule has 0 saturated heterocycles. The van der Waals surface area contributed by atoms with Crippen LogP contribution >= 0.6 is 79.4 Å². The third kappa shape index (κ3) is 18.8. The van der Waals surface area contributed by atoms with Crippen LogP contribution in [-0.4, -0.2) is 23.4 Å². The molecule has 2 aromatic carbocycles. The first-order chi connectivity index (χ1) is 47.7. The minimum Gasteiger partial charge on any atom is -0.312 e. The van der Waals surface area contributed by atoms with E-state index in [-0.39, 0.29) is 0 Å². The van der Waals surface area contributed by atoms with E-state index in [1.165, 1.54) is 233 Å². The number of oxime groups is 2. The minimum absolute atomic E-state index is 0.396. The molecule has 0 atom stereocenters. The molecule has 2 aliphatic heterocycles. The van der Waals surface area contributed by atoms with E-state index >= 15 is 0 Å². The van der Waals surface area contributed by atoms with Gasteiger partial charge >= 0.3 is 11.9 Å². The van der Waals surface area contributed by atoms with Crippen LogP contribution in [0.1, 0.15) is 250 Å². The molecular formula is C84H98N2O4S7. The number of thiophene rings is 7. The maximum Gasteiger partial charge on any atom is 0.368 e. The number of benzene rings is 2. The van der Waals surface area contributed by atoms with E-state index in [1.807, 2.05) is 152 Å². The fraction of sp³-hybridized carbons (Fsp3) is 0.429. The van der Waals surface area contributed by atoms with Crippen molar-refractivity contribution in [3.8, 4) is 58.5 Å².